The van der Waals surface area contributed by atoms with Crippen LogP contribution >= 0.6 is 11.8 Å². The number of nitrogens with two attached hydrogens (primary N) is 2. The van der Waals surface area contributed by atoms with Gasteiger partial charge in [0.25, 0.3) is 0 Å². The fraction of sp³-hybridized carbons (Fsp3) is 0.500. The van der Waals surface area contributed by atoms with Gasteiger partial charge in [0, 0.05) is 5.92 Å². The molecule has 2 bridgehead atoms. The van der Waals surface area contributed by atoms with Crippen LogP contribution < -0.4 is 11.5 Å². The second-order valence-electron chi connectivity index (χ2n) is 6.51. The molecule has 0 aromatic carbocycles. The van der Waals surface area contributed by atoms with Gasteiger partial charge < -0.3 is 11.5 Å². The standard InChI is InChI=1S/C16H16N4S/c17-6-10-13(11(7-18)15(20)21-14(10)19)9-5-8-1-2-12(9)16(8)3-4-16/h1-2,8-9,12-13H,3-5,19-20H2/t8-,9+,12+/m0/s1. The number of nitriles is 2. The zero-order valence-electron chi connectivity index (χ0n) is 11.5. The second kappa shape index (κ2) is 4.08. The molecule has 0 unspecified atom stereocenters. The van der Waals surface area contributed by atoms with Crippen LogP contribution in [-0.4, -0.2) is 0 Å². The van der Waals surface area contributed by atoms with E-state index in [1.54, 1.807) is 0 Å². The lowest BCUT2D eigenvalue weighted by molar-refractivity contribution is 0.322. The SMILES string of the molecule is N#CC1=C(N)SC(N)=C(C#N)C1[C@@H]1C[C@@H]2C=C[C@H]1C21CC1. The summed E-state index contributed by atoms with van der Waals surface area (Å²) in [5, 5.41) is 20.0. The molecule has 4 aliphatic rings. The fourth-order valence-electron chi connectivity index (χ4n) is 4.76. The molecule has 0 saturated heterocycles. The summed E-state index contributed by atoms with van der Waals surface area (Å²) in [6.45, 7) is 0. The first-order valence-corrected chi connectivity index (χ1v) is 8.09. The van der Waals surface area contributed by atoms with E-state index in [9.17, 15) is 10.5 Å². The number of nitrogens with zero attached hydrogens (tertiary/aromatic N) is 2. The average Bonchev–Trinajstić information content (AvgIpc) is 3.13. The van der Waals surface area contributed by atoms with Crippen LogP contribution in [0.3, 0.4) is 0 Å². The molecule has 106 valence electrons. The number of allylic oxidation sites excluding steroid dienone is 4. The molecule has 1 aliphatic heterocycles. The van der Waals surface area contributed by atoms with E-state index >= 15 is 0 Å². The van der Waals surface area contributed by atoms with E-state index in [1.165, 1.54) is 12.8 Å². The average molecular weight is 296 g/mol. The first-order valence-electron chi connectivity index (χ1n) is 7.28. The minimum Gasteiger partial charge on any atom is -0.392 e. The Morgan fingerprint density at radius 1 is 1.10 bits per heavy atom. The predicted octanol–water partition coefficient (Wildman–Crippen LogP) is 2.34. The van der Waals surface area contributed by atoms with Gasteiger partial charge in [-0.2, -0.15) is 10.5 Å². The number of rotatable bonds is 1. The lowest BCUT2D eigenvalue weighted by Crippen LogP contribution is -2.29. The van der Waals surface area contributed by atoms with Crippen LogP contribution in [0.4, 0.5) is 0 Å². The lowest BCUT2D eigenvalue weighted by atomic mass is 9.73. The van der Waals surface area contributed by atoms with Crippen LogP contribution in [0, 0.1) is 51.7 Å². The monoisotopic (exact) mass is 296 g/mol. The smallest absolute Gasteiger partial charge is 0.0981 e. The molecule has 4 rings (SSSR count). The quantitative estimate of drug-likeness (QED) is 0.723. The molecule has 0 aromatic rings. The minimum atomic E-state index is -0.210. The Bertz CT molecular complexity index is 663. The van der Waals surface area contributed by atoms with Crippen LogP contribution in [0.5, 0.6) is 0 Å². The van der Waals surface area contributed by atoms with Gasteiger partial charge in [0.15, 0.2) is 0 Å². The molecule has 4 nitrogen and oxygen atoms in total. The number of hydrogen-bond acceptors (Lipinski definition) is 5. The minimum absolute atomic E-state index is 0.210. The third kappa shape index (κ3) is 1.50. The van der Waals surface area contributed by atoms with Crippen molar-refractivity contribution in [1.82, 2.24) is 0 Å². The van der Waals surface area contributed by atoms with Crippen molar-refractivity contribution in [3.8, 4) is 12.1 Å². The van der Waals surface area contributed by atoms with Crippen LogP contribution in [0.25, 0.3) is 0 Å². The third-order valence-electron chi connectivity index (χ3n) is 5.81. The third-order valence-corrected chi connectivity index (χ3v) is 6.69. The zero-order valence-corrected chi connectivity index (χ0v) is 12.4. The molecular formula is C16H16N4S. The highest BCUT2D eigenvalue weighted by molar-refractivity contribution is 8.06. The molecule has 0 aromatic heterocycles. The van der Waals surface area contributed by atoms with Crippen molar-refractivity contribution in [2.75, 3.05) is 0 Å². The van der Waals surface area contributed by atoms with E-state index in [1.807, 2.05) is 0 Å². The Morgan fingerprint density at radius 3 is 2.19 bits per heavy atom. The Hall–Kier alpha value is -1.85. The van der Waals surface area contributed by atoms with Crippen molar-refractivity contribution in [1.29, 1.82) is 10.5 Å². The van der Waals surface area contributed by atoms with Crippen molar-refractivity contribution >= 4 is 11.8 Å². The van der Waals surface area contributed by atoms with Crippen LogP contribution in [0.1, 0.15) is 19.3 Å². The van der Waals surface area contributed by atoms with E-state index in [2.05, 4.69) is 24.3 Å². The molecule has 1 heterocycles. The summed E-state index contributed by atoms with van der Waals surface area (Å²) in [7, 11) is 0. The summed E-state index contributed by atoms with van der Waals surface area (Å²) in [5.74, 6) is 1.18. The Kier molecular flexibility index (Phi) is 2.50. The first kappa shape index (κ1) is 12.9. The van der Waals surface area contributed by atoms with E-state index in [0.29, 0.717) is 44.4 Å². The Balaban J connectivity index is 1.79. The van der Waals surface area contributed by atoms with Gasteiger partial charge in [-0.15, -0.1) is 0 Å². The summed E-state index contributed by atoms with van der Waals surface area (Å²) in [4.78, 5) is 0. The van der Waals surface area contributed by atoms with E-state index in [4.69, 9.17) is 11.5 Å². The predicted molar refractivity (Wildman–Crippen MR) is 80.6 cm³/mol. The Labute approximate surface area is 128 Å². The summed E-state index contributed by atoms with van der Waals surface area (Å²) in [6, 6.07) is 4.48. The molecule has 0 radical (unpaired) electrons. The number of thioether (sulfide) groups is 1. The molecule has 5 heteroatoms. The molecule has 21 heavy (non-hydrogen) atoms. The lowest BCUT2D eigenvalue weighted by Gasteiger charge is -2.32. The van der Waals surface area contributed by atoms with Crippen molar-refractivity contribution < 1.29 is 0 Å². The molecule has 3 atom stereocenters. The highest BCUT2D eigenvalue weighted by Gasteiger charge is 2.64. The molecule has 1 spiro atoms. The van der Waals surface area contributed by atoms with E-state index in [0.717, 1.165) is 18.2 Å². The van der Waals surface area contributed by atoms with Crippen LogP contribution in [0.15, 0.2) is 33.4 Å². The van der Waals surface area contributed by atoms with Gasteiger partial charge in [-0.3, -0.25) is 0 Å². The van der Waals surface area contributed by atoms with E-state index in [-0.39, 0.29) is 5.92 Å². The van der Waals surface area contributed by atoms with Crippen LogP contribution in [0.2, 0.25) is 0 Å². The van der Waals surface area contributed by atoms with Gasteiger partial charge in [-0.05, 0) is 42.4 Å². The van der Waals surface area contributed by atoms with Crippen molar-refractivity contribution in [3.63, 3.8) is 0 Å². The molecule has 2 saturated carbocycles. The zero-order chi connectivity index (χ0) is 14.8. The maximum atomic E-state index is 9.52. The molecule has 3 aliphatic carbocycles. The summed E-state index contributed by atoms with van der Waals surface area (Å²) in [6.07, 6.45) is 8.24. The highest BCUT2D eigenvalue weighted by atomic mass is 32.2. The maximum Gasteiger partial charge on any atom is 0.0981 e. The summed E-state index contributed by atoms with van der Waals surface area (Å²) < 4.78 is 0. The molecule has 4 N–H and O–H groups in total. The highest BCUT2D eigenvalue weighted by Crippen LogP contribution is 2.72. The van der Waals surface area contributed by atoms with Gasteiger partial charge in [0.2, 0.25) is 0 Å². The molecule has 0 amide bonds. The molecular weight excluding hydrogens is 280 g/mol. The van der Waals surface area contributed by atoms with E-state index < -0.39 is 0 Å². The summed E-state index contributed by atoms with van der Waals surface area (Å²) >= 11 is 1.16. The number of hydrogen-bond donors (Lipinski definition) is 2. The van der Waals surface area contributed by atoms with Gasteiger partial charge in [0.05, 0.1) is 33.3 Å². The van der Waals surface area contributed by atoms with Gasteiger partial charge in [-0.1, -0.05) is 23.9 Å². The normalized spacial score (nSPS) is 36.2. The topological polar surface area (TPSA) is 99.6 Å². The summed E-state index contributed by atoms with van der Waals surface area (Å²) in [5.41, 5.74) is 13.6. The van der Waals surface area contributed by atoms with Gasteiger partial charge in [-0.25, -0.2) is 0 Å². The Morgan fingerprint density at radius 2 is 1.71 bits per heavy atom. The fourth-order valence-corrected chi connectivity index (χ4v) is 5.56. The first-order chi connectivity index (χ1) is 10.1. The second-order valence-corrected chi connectivity index (χ2v) is 7.59. The van der Waals surface area contributed by atoms with Crippen molar-refractivity contribution in [2.24, 2.45) is 40.6 Å². The van der Waals surface area contributed by atoms with Crippen molar-refractivity contribution in [2.45, 2.75) is 19.3 Å². The van der Waals surface area contributed by atoms with Gasteiger partial charge in [0.1, 0.15) is 0 Å². The molecule has 2 fully saturated rings. The van der Waals surface area contributed by atoms with Gasteiger partial charge >= 0.3 is 0 Å². The van der Waals surface area contributed by atoms with Crippen LogP contribution in [-0.2, 0) is 0 Å². The van der Waals surface area contributed by atoms with Crippen molar-refractivity contribution in [3.05, 3.63) is 33.4 Å². The largest absolute Gasteiger partial charge is 0.392 e. The maximum absolute atomic E-state index is 9.52.